The van der Waals surface area contributed by atoms with Gasteiger partial charge in [0.05, 0.1) is 12.2 Å². The maximum absolute atomic E-state index is 12.9. The molecule has 0 atom stereocenters. The quantitative estimate of drug-likeness (QED) is 0.651. The molecule has 0 aliphatic carbocycles. The summed E-state index contributed by atoms with van der Waals surface area (Å²) in [6.07, 6.45) is 0.399. The smallest absolute Gasteiger partial charge is 0.327 e. The van der Waals surface area contributed by atoms with Crippen LogP contribution in [-0.2, 0) is 17.8 Å². The van der Waals surface area contributed by atoms with E-state index in [2.05, 4.69) is 15.4 Å². The number of hydrogen-bond acceptors (Lipinski definition) is 5. The van der Waals surface area contributed by atoms with E-state index in [1.54, 1.807) is 12.1 Å². The molecule has 0 radical (unpaired) electrons. The Morgan fingerprint density at radius 3 is 2.77 bits per heavy atom. The van der Waals surface area contributed by atoms with Crippen LogP contribution in [0.15, 0.2) is 53.1 Å². The highest BCUT2D eigenvalue weighted by Crippen LogP contribution is 2.31. The number of nitrogens with zero attached hydrogens (tertiary/aromatic N) is 4. The zero-order chi connectivity index (χ0) is 22.1. The summed E-state index contributed by atoms with van der Waals surface area (Å²) in [5, 5.41) is 6.81. The van der Waals surface area contributed by atoms with Crippen molar-refractivity contribution in [1.29, 1.82) is 0 Å². The van der Waals surface area contributed by atoms with Crippen molar-refractivity contribution >= 4 is 11.6 Å². The molecule has 4 rings (SSSR count). The molecule has 31 heavy (non-hydrogen) atoms. The Balaban J connectivity index is 1.69. The fourth-order valence-electron chi connectivity index (χ4n) is 3.54. The van der Waals surface area contributed by atoms with Crippen molar-refractivity contribution in [2.75, 3.05) is 11.9 Å². The molecule has 1 aliphatic heterocycles. The van der Waals surface area contributed by atoms with E-state index in [1.807, 2.05) is 25.1 Å². The highest BCUT2D eigenvalue weighted by molar-refractivity contribution is 5.95. The zero-order valence-corrected chi connectivity index (χ0v) is 16.7. The van der Waals surface area contributed by atoms with Gasteiger partial charge in [0.15, 0.2) is 0 Å². The first-order chi connectivity index (χ1) is 14.9. The summed E-state index contributed by atoms with van der Waals surface area (Å²) in [7, 11) is 0. The van der Waals surface area contributed by atoms with Crippen LogP contribution in [0.3, 0.4) is 0 Å². The minimum absolute atomic E-state index is 0.000129. The number of amides is 1. The van der Waals surface area contributed by atoms with Gasteiger partial charge in [-0.05, 0) is 48.7 Å². The first kappa shape index (κ1) is 20.6. The Kier molecular flexibility index (Phi) is 5.47. The van der Waals surface area contributed by atoms with E-state index in [0.717, 1.165) is 27.1 Å². The van der Waals surface area contributed by atoms with Crippen LogP contribution in [0.25, 0.3) is 17.1 Å². The minimum Gasteiger partial charge on any atom is -0.327 e. The highest BCUT2D eigenvalue weighted by atomic mass is 19.3. The SMILES string of the molecule is Cc1cc(-c2cccc(-n3cnn(CC(CN)=C(F)F)c3=O)n2)cc2c1NC(=O)CC2. The Morgan fingerprint density at radius 2 is 2.03 bits per heavy atom. The lowest BCUT2D eigenvalue weighted by atomic mass is 9.95. The van der Waals surface area contributed by atoms with Gasteiger partial charge in [0.2, 0.25) is 5.91 Å². The summed E-state index contributed by atoms with van der Waals surface area (Å²) in [5.41, 5.74) is 8.64. The molecule has 0 saturated carbocycles. The average Bonchev–Trinajstić information content (AvgIpc) is 3.12. The molecule has 3 aromatic rings. The highest BCUT2D eigenvalue weighted by Gasteiger charge is 2.18. The van der Waals surface area contributed by atoms with Gasteiger partial charge in [-0.1, -0.05) is 6.07 Å². The normalized spacial score (nSPS) is 13.0. The molecule has 2 aromatic heterocycles. The standard InChI is InChI=1S/C21H20F2N6O2/c1-12-7-14(8-13-5-6-18(30)27-19(12)13)16-3-2-4-17(26-16)28-11-25-29(21(28)31)10-15(9-24)20(22)23/h2-4,7-8,11H,5-6,9-10,24H2,1H3,(H,27,30). The molecule has 160 valence electrons. The number of aryl methyl sites for hydroxylation is 2. The summed E-state index contributed by atoms with van der Waals surface area (Å²) < 4.78 is 27.9. The van der Waals surface area contributed by atoms with Crippen molar-refractivity contribution in [3.63, 3.8) is 0 Å². The number of nitrogens with two attached hydrogens (primary N) is 1. The average molecular weight is 426 g/mol. The van der Waals surface area contributed by atoms with E-state index in [4.69, 9.17) is 5.73 Å². The number of rotatable bonds is 5. The van der Waals surface area contributed by atoms with Crippen molar-refractivity contribution < 1.29 is 13.6 Å². The second-order valence-electron chi connectivity index (χ2n) is 7.27. The lowest BCUT2D eigenvalue weighted by molar-refractivity contribution is -0.116. The third kappa shape index (κ3) is 4.02. The third-order valence-corrected chi connectivity index (χ3v) is 5.17. The lowest BCUT2D eigenvalue weighted by Crippen LogP contribution is -2.26. The minimum atomic E-state index is -1.91. The first-order valence-corrected chi connectivity index (χ1v) is 9.66. The molecule has 3 heterocycles. The van der Waals surface area contributed by atoms with Crippen LogP contribution in [0.1, 0.15) is 17.5 Å². The number of carbonyl (C=O) groups is 1. The molecule has 1 aliphatic rings. The molecule has 10 heteroatoms. The van der Waals surface area contributed by atoms with Crippen LogP contribution in [0.2, 0.25) is 0 Å². The third-order valence-electron chi connectivity index (χ3n) is 5.17. The second kappa shape index (κ2) is 8.23. The number of halogens is 2. The Hall–Kier alpha value is -3.66. The summed E-state index contributed by atoms with van der Waals surface area (Å²) in [6, 6.07) is 9.10. The van der Waals surface area contributed by atoms with Crippen LogP contribution in [0, 0.1) is 6.92 Å². The number of nitrogens with one attached hydrogen (secondary N) is 1. The number of pyridine rings is 1. The van der Waals surface area contributed by atoms with Crippen molar-refractivity contribution in [3.05, 3.63) is 69.9 Å². The Labute approximate surface area is 176 Å². The number of benzene rings is 1. The maximum atomic E-state index is 12.9. The van der Waals surface area contributed by atoms with Gasteiger partial charge >= 0.3 is 5.69 Å². The fourth-order valence-corrected chi connectivity index (χ4v) is 3.54. The zero-order valence-electron chi connectivity index (χ0n) is 16.7. The molecule has 1 aromatic carbocycles. The van der Waals surface area contributed by atoms with Crippen LogP contribution < -0.4 is 16.7 Å². The topological polar surface area (TPSA) is 108 Å². The molecule has 0 fully saturated rings. The molecule has 0 spiro atoms. The summed E-state index contributed by atoms with van der Waals surface area (Å²) in [6.45, 7) is 1.16. The van der Waals surface area contributed by atoms with Gasteiger partial charge in [-0.15, -0.1) is 0 Å². The van der Waals surface area contributed by atoms with Crippen molar-refractivity contribution in [3.8, 4) is 17.1 Å². The number of anilines is 1. The van der Waals surface area contributed by atoms with Gasteiger partial charge in [0.1, 0.15) is 12.1 Å². The van der Waals surface area contributed by atoms with Gasteiger partial charge in [-0.3, -0.25) is 4.79 Å². The van der Waals surface area contributed by atoms with Crippen LogP contribution in [0.5, 0.6) is 0 Å². The molecule has 1 amide bonds. The molecule has 0 bridgehead atoms. The summed E-state index contributed by atoms with van der Waals surface area (Å²) >= 11 is 0. The van der Waals surface area contributed by atoms with Crippen LogP contribution in [-0.4, -0.2) is 31.8 Å². The molecule has 3 N–H and O–H groups in total. The van der Waals surface area contributed by atoms with Crippen molar-refractivity contribution in [2.24, 2.45) is 5.73 Å². The van der Waals surface area contributed by atoms with Crippen LogP contribution in [0.4, 0.5) is 14.5 Å². The van der Waals surface area contributed by atoms with E-state index in [0.29, 0.717) is 24.4 Å². The molecule has 0 unspecified atom stereocenters. The largest absolute Gasteiger partial charge is 0.351 e. The maximum Gasteiger partial charge on any atom is 0.351 e. The number of carbonyl (C=O) groups excluding carboxylic acids is 1. The predicted octanol–water partition coefficient (Wildman–Crippen LogP) is 2.40. The van der Waals surface area contributed by atoms with E-state index >= 15 is 0 Å². The fraction of sp³-hybridized carbons (Fsp3) is 0.238. The number of hydrogen-bond donors (Lipinski definition) is 2. The monoisotopic (exact) mass is 426 g/mol. The van der Waals surface area contributed by atoms with Crippen molar-refractivity contribution in [2.45, 2.75) is 26.3 Å². The molecular weight excluding hydrogens is 406 g/mol. The van der Waals surface area contributed by atoms with Gasteiger partial charge < -0.3 is 11.1 Å². The molecule has 8 nitrogen and oxygen atoms in total. The van der Waals surface area contributed by atoms with Gasteiger partial charge in [-0.2, -0.15) is 13.9 Å². The van der Waals surface area contributed by atoms with Crippen molar-refractivity contribution in [1.82, 2.24) is 19.3 Å². The van der Waals surface area contributed by atoms with Crippen LogP contribution >= 0.6 is 0 Å². The lowest BCUT2D eigenvalue weighted by Gasteiger charge is -2.20. The number of aromatic nitrogens is 4. The van der Waals surface area contributed by atoms with Gasteiger partial charge in [0.25, 0.3) is 6.08 Å². The van der Waals surface area contributed by atoms with Gasteiger partial charge in [-0.25, -0.2) is 19.0 Å². The number of fused-ring (bicyclic) bond motifs is 1. The first-order valence-electron chi connectivity index (χ1n) is 9.66. The second-order valence-corrected chi connectivity index (χ2v) is 7.27. The van der Waals surface area contributed by atoms with E-state index in [-0.39, 0.29) is 24.6 Å². The molecule has 0 saturated heterocycles. The Bertz CT molecular complexity index is 1260. The van der Waals surface area contributed by atoms with E-state index in [9.17, 15) is 18.4 Å². The van der Waals surface area contributed by atoms with E-state index in [1.165, 1.54) is 10.9 Å². The summed E-state index contributed by atoms with van der Waals surface area (Å²) in [5.74, 6) is 0.316. The molecular formula is C21H20F2N6O2. The van der Waals surface area contributed by atoms with E-state index < -0.39 is 11.8 Å². The van der Waals surface area contributed by atoms with Gasteiger partial charge in [0, 0.05) is 29.8 Å². The Morgan fingerprint density at radius 1 is 1.23 bits per heavy atom. The summed E-state index contributed by atoms with van der Waals surface area (Å²) in [4.78, 5) is 28.9. The predicted molar refractivity (Wildman–Crippen MR) is 111 cm³/mol.